The number of amides is 1. The van der Waals surface area contributed by atoms with Gasteiger partial charge in [-0.2, -0.15) is 0 Å². The molecule has 0 spiro atoms. The molecule has 0 saturated heterocycles. The van der Waals surface area contributed by atoms with E-state index in [1.807, 2.05) is 38.1 Å². The first-order chi connectivity index (χ1) is 13.8. The summed E-state index contributed by atoms with van der Waals surface area (Å²) in [4.78, 5) is 28.3. The molecule has 2 heterocycles. The summed E-state index contributed by atoms with van der Waals surface area (Å²) in [5.41, 5.74) is 2.49. The van der Waals surface area contributed by atoms with Gasteiger partial charge in [0.2, 0.25) is 0 Å². The number of para-hydroxylation sites is 1. The second-order valence-electron chi connectivity index (χ2n) is 7.40. The van der Waals surface area contributed by atoms with E-state index in [4.69, 9.17) is 0 Å². The van der Waals surface area contributed by atoms with Gasteiger partial charge in [-0.1, -0.05) is 42.0 Å². The summed E-state index contributed by atoms with van der Waals surface area (Å²) in [5.74, 6) is -0.705. The molecular formula is C23H20BrNO3S. The Morgan fingerprint density at radius 1 is 1.14 bits per heavy atom. The molecule has 1 unspecified atom stereocenters. The van der Waals surface area contributed by atoms with Crippen LogP contribution in [0.1, 0.15) is 38.3 Å². The molecule has 4 nitrogen and oxygen atoms in total. The van der Waals surface area contributed by atoms with Crippen molar-refractivity contribution in [1.29, 1.82) is 0 Å². The van der Waals surface area contributed by atoms with E-state index >= 15 is 0 Å². The quantitative estimate of drug-likeness (QED) is 0.526. The number of ketones is 1. The Balaban J connectivity index is 1.70. The van der Waals surface area contributed by atoms with Crippen molar-refractivity contribution in [3.63, 3.8) is 0 Å². The number of Topliss-reactive ketones (excluding diaryl/α,β-unsaturated/α-hetero) is 1. The van der Waals surface area contributed by atoms with Gasteiger partial charge in [-0.25, -0.2) is 0 Å². The number of carbonyl (C=O) groups is 2. The average molecular weight is 470 g/mol. The molecule has 3 aromatic rings. The molecule has 1 amide bonds. The van der Waals surface area contributed by atoms with Crippen LogP contribution in [0.4, 0.5) is 5.69 Å². The van der Waals surface area contributed by atoms with E-state index in [0.717, 1.165) is 20.5 Å². The van der Waals surface area contributed by atoms with Crippen LogP contribution in [0.15, 0.2) is 58.4 Å². The Kier molecular flexibility index (Phi) is 5.19. The fourth-order valence-electron chi connectivity index (χ4n) is 3.76. The number of benzene rings is 2. The molecule has 2 aromatic carbocycles. The number of hydrogen-bond donors (Lipinski definition) is 1. The zero-order valence-corrected chi connectivity index (χ0v) is 18.5. The van der Waals surface area contributed by atoms with Gasteiger partial charge in [0.15, 0.2) is 11.4 Å². The third-order valence-corrected chi connectivity index (χ3v) is 7.00. The molecule has 4 rings (SSSR count). The largest absolute Gasteiger partial charge is 0.375 e. The second-order valence-corrected chi connectivity index (χ2v) is 9.87. The summed E-state index contributed by atoms with van der Waals surface area (Å²) in [6.07, 6.45) is -0.279. The molecule has 0 bridgehead atoms. The standard InChI is InChI=1S/C23H20BrNO3S/c1-14-7-8-15(2)16(11-14)13-25-18-6-4-3-5-17(18)23(28,22(25)27)12-19(26)20-9-10-21(24)29-20/h3-11,28H,12-13H2,1-2H3. The monoisotopic (exact) mass is 469 g/mol. The minimum Gasteiger partial charge on any atom is -0.375 e. The first-order valence-electron chi connectivity index (χ1n) is 9.28. The Labute approximate surface area is 181 Å². The summed E-state index contributed by atoms with van der Waals surface area (Å²) >= 11 is 4.65. The van der Waals surface area contributed by atoms with Crippen molar-refractivity contribution in [3.05, 3.63) is 85.5 Å². The van der Waals surface area contributed by atoms with E-state index in [-0.39, 0.29) is 12.2 Å². The predicted molar refractivity (Wildman–Crippen MR) is 118 cm³/mol. The number of carbonyl (C=O) groups excluding carboxylic acids is 2. The van der Waals surface area contributed by atoms with Crippen LogP contribution in [-0.2, 0) is 16.9 Å². The molecule has 29 heavy (non-hydrogen) atoms. The third-order valence-electron chi connectivity index (χ3n) is 5.34. The number of nitrogens with zero attached hydrogens (tertiary/aromatic N) is 1. The fourth-order valence-corrected chi connectivity index (χ4v) is 5.08. The van der Waals surface area contributed by atoms with Gasteiger partial charge in [0.1, 0.15) is 0 Å². The lowest BCUT2D eigenvalue weighted by atomic mass is 9.89. The Morgan fingerprint density at radius 3 is 2.62 bits per heavy atom. The van der Waals surface area contributed by atoms with Crippen LogP contribution < -0.4 is 4.90 Å². The van der Waals surface area contributed by atoms with Crippen molar-refractivity contribution in [3.8, 4) is 0 Å². The van der Waals surface area contributed by atoms with Crippen LogP contribution in [0.5, 0.6) is 0 Å². The van der Waals surface area contributed by atoms with E-state index in [2.05, 4.69) is 22.0 Å². The lowest BCUT2D eigenvalue weighted by molar-refractivity contribution is -0.136. The molecule has 1 aromatic heterocycles. The van der Waals surface area contributed by atoms with Gasteiger partial charge in [-0.15, -0.1) is 11.3 Å². The maximum Gasteiger partial charge on any atom is 0.264 e. The number of halogens is 1. The van der Waals surface area contributed by atoms with Gasteiger partial charge in [0, 0.05) is 5.56 Å². The van der Waals surface area contributed by atoms with E-state index in [0.29, 0.717) is 22.7 Å². The van der Waals surface area contributed by atoms with Gasteiger partial charge in [0.25, 0.3) is 5.91 Å². The number of hydrogen-bond acceptors (Lipinski definition) is 4. The van der Waals surface area contributed by atoms with Crippen LogP contribution in [0.25, 0.3) is 0 Å². The average Bonchev–Trinajstić information content (AvgIpc) is 3.21. The highest BCUT2D eigenvalue weighted by molar-refractivity contribution is 9.11. The summed E-state index contributed by atoms with van der Waals surface area (Å²) in [6.45, 7) is 4.37. The van der Waals surface area contributed by atoms with Crippen molar-refractivity contribution in [2.45, 2.75) is 32.4 Å². The third kappa shape index (κ3) is 3.56. The van der Waals surface area contributed by atoms with Crippen molar-refractivity contribution in [2.75, 3.05) is 4.90 Å². The first-order valence-corrected chi connectivity index (χ1v) is 10.9. The van der Waals surface area contributed by atoms with Crippen molar-refractivity contribution >= 4 is 44.6 Å². The highest BCUT2D eigenvalue weighted by atomic mass is 79.9. The summed E-state index contributed by atoms with van der Waals surface area (Å²) < 4.78 is 0.836. The number of aryl methyl sites for hydroxylation is 2. The lowest BCUT2D eigenvalue weighted by Gasteiger charge is -2.23. The molecule has 1 N–H and O–H groups in total. The molecule has 148 valence electrons. The minimum absolute atomic E-state index is 0.250. The molecule has 0 radical (unpaired) electrons. The Hall–Kier alpha value is -2.28. The smallest absolute Gasteiger partial charge is 0.264 e. The van der Waals surface area contributed by atoms with Gasteiger partial charge in [0.05, 0.1) is 27.3 Å². The predicted octanol–water partition coefficient (Wildman–Crippen LogP) is 5.13. The molecule has 1 aliphatic heterocycles. The van der Waals surface area contributed by atoms with Crippen LogP contribution in [0.2, 0.25) is 0 Å². The van der Waals surface area contributed by atoms with Gasteiger partial charge in [-0.05, 0) is 59.1 Å². The van der Waals surface area contributed by atoms with Gasteiger partial charge in [-0.3, -0.25) is 9.59 Å². The van der Waals surface area contributed by atoms with Gasteiger partial charge >= 0.3 is 0 Å². The number of anilines is 1. The maximum atomic E-state index is 13.4. The maximum absolute atomic E-state index is 13.4. The van der Waals surface area contributed by atoms with E-state index in [1.165, 1.54) is 11.3 Å². The molecule has 1 atom stereocenters. The fraction of sp³-hybridized carbons (Fsp3) is 0.217. The normalized spacial score (nSPS) is 18.2. The van der Waals surface area contributed by atoms with E-state index < -0.39 is 11.5 Å². The van der Waals surface area contributed by atoms with Crippen LogP contribution >= 0.6 is 27.3 Å². The first kappa shape index (κ1) is 20.0. The number of thiophene rings is 1. The molecule has 6 heteroatoms. The molecule has 1 aliphatic rings. The molecule has 0 fully saturated rings. The molecule has 0 aliphatic carbocycles. The van der Waals surface area contributed by atoms with Crippen molar-refractivity contribution in [1.82, 2.24) is 0 Å². The number of aliphatic hydroxyl groups is 1. The summed E-state index contributed by atoms with van der Waals surface area (Å²) in [6, 6.07) is 16.8. The Morgan fingerprint density at radius 2 is 1.90 bits per heavy atom. The number of rotatable bonds is 5. The van der Waals surface area contributed by atoms with E-state index in [9.17, 15) is 14.7 Å². The number of fused-ring (bicyclic) bond motifs is 1. The highest BCUT2D eigenvalue weighted by Crippen LogP contribution is 2.44. The zero-order valence-electron chi connectivity index (χ0n) is 16.1. The van der Waals surface area contributed by atoms with Crippen molar-refractivity contribution < 1.29 is 14.7 Å². The van der Waals surface area contributed by atoms with Crippen LogP contribution in [0.3, 0.4) is 0 Å². The van der Waals surface area contributed by atoms with Crippen LogP contribution in [0, 0.1) is 13.8 Å². The van der Waals surface area contributed by atoms with Gasteiger partial charge < -0.3 is 10.0 Å². The zero-order chi connectivity index (χ0) is 20.8. The topological polar surface area (TPSA) is 57.6 Å². The molecule has 0 saturated carbocycles. The van der Waals surface area contributed by atoms with Crippen molar-refractivity contribution in [2.24, 2.45) is 0 Å². The van der Waals surface area contributed by atoms with Crippen LogP contribution in [-0.4, -0.2) is 16.8 Å². The second kappa shape index (κ2) is 7.52. The lowest BCUT2D eigenvalue weighted by Crippen LogP contribution is -2.41. The SMILES string of the molecule is Cc1ccc(C)c(CN2C(=O)C(O)(CC(=O)c3ccc(Br)s3)c3ccccc32)c1. The molecular weight excluding hydrogens is 450 g/mol. The Bertz CT molecular complexity index is 1120. The highest BCUT2D eigenvalue weighted by Gasteiger charge is 2.50. The summed E-state index contributed by atoms with van der Waals surface area (Å²) in [5, 5.41) is 11.4. The summed E-state index contributed by atoms with van der Waals surface area (Å²) in [7, 11) is 0. The minimum atomic E-state index is -1.86. The van der Waals surface area contributed by atoms with E-state index in [1.54, 1.807) is 29.2 Å².